The summed E-state index contributed by atoms with van der Waals surface area (Å²) in [6.45, 7) is 8.28. The van der Waals surface area contributed by atoms with E-state index in [4.69, 9.17) is 0 Å². The third kappa shape index (κ3) is 2.26. The largest absolute Gasteiger partial charge is 0.384 e. The minimum absolute atomic E-state index is 0.727. The summed E-state index contributed by atoms with van der Waals surface area (Å²) in [4.78, 5) is 2.65. The van der Waals surface area contributed by atoms with Crippen molar-refractivity contribution in [2.75, 3.05) is 18.4 Å². The van der Waals surface area contributed by atoms with Gasteiger partial charge in [-0.2, -0.15) is 0 Å². The molecule has 1 aromatic carbocycles. The molecule has 98 valence electrons. The third-order valence-electron chi connectivity index (χ3n) is 4.77. The lowest BCUT2D eigenvalue weighted by Gasteiger charge is -2.38. The zero-order chi connectivity index (χ0) is 12.5. The van der Waals surface area contributed by atoms with E-state index in [2.05, 4.69) is 42.3 Å². The van der Waals surface area contributed by atoms with Crippen LogP contribution in [0.2, 0.25) is 0 Å². The van der Waals surface area contributed by atoms with E-state index in [1.807, 2.05) is 0 Å². The molecule has 3 rings (SSSR count). The predicted octanol–water partition coefficient (Wildman–Crippen LogP) is 3.28. The molecule has 2 heterocycles. The summed E-state index contributed by atoms with van der Waals surface area (Å²) in [7, 11) is 0. The summed E-state index contributed by atoms with van der Waals surface area (Å²) in [6.07, 6.45) is 3.94. The van der Waals surface area contributed by atoms with Crippen LogP contribution in [-0.2, 0) is 13.0 Å². The van der Waals surface area contributed by atoms with Gasteiger partial charge in [-0.05, 0) is 55.8 Å². The van der Waals surface area contributed by atoms with Gasteiger partial charge in [0, 0.05) is 24.8 Å². The van der Waals surface area contributed by atoms with E-state index in [0.717, 1.165) is 25.0 Å². The maximum atomic E-state index is 3.43. The Hall–Kier alpha value is -1.02. The van der Waals surface area contributed by atoms with Gasteiger partial charge in [0.25, 0.3) is 0 Å². The van der Waals surface area contributed by atoms with E-state index in [1.54, 1.807) is 0 Å². The molecule has 0 amide bonds. The molecule has 0 radical (unpaired) electrons. The summed E-state index contributed by atoms with van der Waals surface area (Å²) in [5, 5.41) is 3.43. The van der Waals surface area contributed by atoms with Gasteiger partial charge < -0.3 is 5.32 Å². The monoisotopic (exact) mass is 244 g/mol. The van der Waals surface area contributed by atoms with E-state index in [-0.39, 0.29) is 0 Å². The van der Waals surface area contributed by atoms with Gasteiger partial charge in [-0.25, -0.2) is 0 Å². The minimum atomic E-state index is 0.727. The van der Waals surface area contributed by atoms with Crippen molar-refractivity contribution in [3.05, 3.63) is 29.3 Å². The van der Waals surface area contributed by atoms with E-state index >= 15 is 0 Å². The van der Waals surface area contributed by atoms with Crippen molar-refractivity contribution in [2.24, 2.45) is 5.92 Å². The Morgan fingerprint density at radius 3 is 3.11 bits per heavy atom. The van der Waals surface area contributed by atoms with Gasteiger partial charge in [-0.1, -0.05) is 19.1 Å². The highest BCUT2D eigenvalue weighted by Crippen LogP contribution is 2.27. The molecule has 1 fully saturated rings. The predicted molar refractivity (Wildman–Crippen MR) is 76.9 cm³/mol. The smallest absolute Gasteiger partial charge is 0.0373 e. The van der Waals surface area contributed by atoms with Crippen molar-refractivity contribution in [2.45, 2.75) is 45.7 Å². The summed E-state index contributed by atoms with van der Waals surface area (Å²) >= 11 is 0. The zero-order valence-electron chi connectivity index (χ0n) is 11.6. The Labute approximate surface area is 110 Å². The fourth-order valence-electron chi connectivity index (χ4n) is 3.34. The third-order valence-corrected chi connectivity index (χ3v) is 4.77. The van der Waals surface area contributed by atoms with Crippen molar-refractivity contribution >= 4 is 5.69 Å². The first-order chi connectivity index (χ1) is 8.74. The Morgan fingerprint density at radius 1 is 1.33 bits per heavy atom. The molecule has 2 aliphatic heterocycles. The molecule has 18 heavy (non-hydrogen) atoms. The molecular weight excluding hydrogens is 220 g/mol. The molecule has 0 bridgehead atoms. The molecule has 2 heteroatoms. The molecule has 2 nitrogen and oxygen atoms in total. The molecule has 0 aliphatic carbocycles. The molecule has 1 N–H and O–H groups in total. The van der Waals surface area contributed by atoms with Gasteiger partial charge in [-0.3, -0.25) is 4.90 Å². The average Bonchev–Trinajstić information content (AvgIpc) is 2.82. The van der Waals surface area contributed by atoms with Crippen LogP contribution in [0.1, 0.15) is 37.8 Å². The summed E-state index contributed by atoms with van der Waals surface area (Å²) in [6, 6.07) is 7.69. The minimum Gasteiger partial charge on any atom is -0.384 e. The topological polar surface area (TPSA) is 15.3 Å². The summed E-state index contributed by atoms with van der Waals surface area (Å²) in [5.41, 5.74) is 4.34. The fourth-order valence-corrected chi connectivity index (χ4v) is 3.34. The SMILES string of the molecule is CC1CCCN(Cc2ccc3c(c2)CCN3)C1C. The number of likely N-dealkylation sites (tertiary alicyclic amines) is 1. The van der Waals surface area contributed by atoms with Crippen molar-refractivity contribution in [1.29, 1.82) is 0 Å². The van der Waals surface area contributed by atoms with Gasteiger partial charge in [0.1, 0.15) is 0 Å². The van der Waals surface area contributed by atoms with Gasteiger partial charge in [-0.15, -0.1) is 0 Å². The number of nitrogens with one attached hydrogen (secondary N) is 1. The highest BCUT2D eigenvalue weighted by molar-refractivity contribution is 5.56. The van der Waals surface area contributed by atoms with Gasteiger partial charge in [0.2, 0.25) is 0 Å². The van der Waals surface area contributed by atoms with Crippen molar-refractivity contribution in [1.82, 2.24) is 4.90 Å². The normalized spacial score (nSPS) is 27.9. The fraction of sp³-hybridized carbons (Fsp3) is 0.625. The second-order valence-electron chi connectivity index (χ2n) is 6.00. The number of hydrogen-bond acceptors (Lipinski definition) is 2. The van der Waals surface area contributed by atoms with Crippen LogP contribution < -0.4 is 5.32 Å². The van der Waals surface area contributed by atoms with Crippen LogP contribution in [0.4, 0.5) is 5.69 Å². The highest BCUT2D eigenvalue weighted by Gasteiger charge is 2.24. The van der Waals surface area contributed by atoms with Crippen LogP contribution in [0, 0.1) is 5.92 Å². The molecular formula is C16H24N2. The van der Waals surface area contributed by atoms with Crippen molar-refractivity contribution in [3.63, 3.8) is 0 Å². The van der Waals surface area contributed by atoms with Gasteiger partial charge >= 0.3 is 0 Å². The first-order valence-corrected chi connectivity index (χ1v) is 7.34. The van der Waals surface area contributed by atoms with Crippen LogP contribution in [0.25, 0.3) is 0 Å². The number of anilines is 1. The quantitative estimate of drug-likeness (QED) is 0.859. The number of fused-ring (bicyclic) bond motifs is 1. The number of rotatable bonds is 2. The van der Waals surface area contributed by atoms with E-state index in [0.29, 0.717) is 0 Å². The van der Waals surface area contributed by atoms with Gasteiger partial charge in [0.05, 0.1) is 0 Å². The number of benzene rings is 1. The molecule has 1 saturated heterocycles. The maximum Gasteiger partial charge on any atom is 0.0373 e. The average molecular weight is 244 g/mol. The second kappa shape index (κ2) is 4.93. The molecule has 0 aromatic heterocycles. The van der Waals surface area contributed by atoms with Gasteiger partial charge in [0.15, 0.2) is 0 Å². The first kappa shape index (κ1) is 12.0. The highest BCUT2D eigenvalue weighted by atomic mass is 15.2. The molecule has 1 aromatic rings. The second-order valence-corrected chi connectivity index (χ2v) is 6.00. The van der Waals surface area contributed by atoms with Crippen molar-refractivity contribution < 1.29 is 0 Å². The zero-order valence-corrected chi connectivity index (χ0v) is 11.6. The first-order valence-electron chi connectivity index (χ1n) is 7.34. The van der Waals surface area contributed by atoms with Crippen LogP contribution in [0.15, 0.2) is 18.2 Å². The standard InChI is InChI=1S/C16H24N2/c1-12-4-3-9-18(13(12)2)11-14-5-6-16-15(10-14)7-8-17-16/h5-6,10,12-13,17H,3-4,7-9,11H2,1-2H3. The molecule has 0 spiro atoms. The van der Waals surface area contributed by atoms with Crippen LogP contribution >= 0.6 is 0 Å². The Balaban J connectivity index is 1.72. The van der Waals surface area contributed by atoms with E-state index in [1.165, 1.54) is 42.6 Å². The van der Waals surface area contributed by atoms with E-state index in [9.17, 15) is 0 Å². The van der Waals surface area contributed by atoms with Crippen LogP contribution in [0.5, 0.6) is 0 Å². The Bertz CT molecular complexity index is 427. The molecule has 2 aliphatic rings. The Kier molecular flexibility index (Phi) is 3.29. The summed E-state index contributed by atoms with van der Waals surface area (Å²) in [5.74, 6) is 0.842. The number of hydrogen-bond donors (Lipinski definition) is 1. The molecule has 0 saturated carbocycles. The van der Waals surface area contributed by atoms with Crippen LogP contribution in [-0.4, -0.2) is 24.0 Å². The molecule has 2 atom stereocenters. The molecule has 2 unspecified atom stereocenters. The lowest BCUT2D eigenvalue weighted by molar-refractivity contribution is 0.106. The lowest BCUT2D eigenvalue weighted by Crippen LogP contribution is -2.41. The van der Waals surface area contributed by atoms with Crippen molar-refractivity contribution in [3.8, 4) is 0 Å². The number of piperidine rings is 1. The maximum absolute atomic E-state index is 3.43. The summed E-state index contributed by atoms with van der Waals surface area (Å²) < 4.78 is 0. The lowest BCUT2D eigenvalue weighted by atomic mass is 9.91. The number of nitrogens with zero attached hydrogens (tertiary/aromatic N) is 1. The van der Waals surface area contributed by atoms with E-state index < -0.39 is 0 Å². The Morgan fingerprint density at radius 2 is 2.22 bits per heavy atom. The van der Waals surface area contributed by atoms with Crippen LogP contribution in [0.3, 0.4) is 0 Å².